The summed E-state index contributed by atoms with van der Waals surface area (Å²) in [6, 6.07) is 3.94. The Hall–Kier alpha value is -2.41. The minimum Gasteiger partial charge on any atom is -0.346 e. The SMILES string of the molecule is CC(C)(C)NC(=O)c1nc(C(=O)Nc2ccc(F)c(Cl)c2)n2c1CCCC2. The van der Waals surface area contributed by atoms with Gasteiger partial charge in [0.25, 0.3) is 11.8 Å². The van der Waals surface area contributed by atoms with Gasteiger partial charge in [0.15, 0.2) is 5.82 Å². The summed E-state index contributed by atoms with van der Waals surface area (Å²) in [5, 5.41) is 5.49. The van der Waals surface area contributed by atoms with E-state index >= 15 is 0 Å². The molecule has 144 valence electrons. The van der Waals surface area contributed by atoms with Crippen molar-refractivity contribution in [3.8, 4) is 0 Å². The van der Waals surface area contributed by atoms with Gasteiger partial charge in [-0.15, -0.1) is 0 Å². The topological polar surface area (TPSA) is 76.0 Å². The number of nitrogens with one attached hydrogen (secondary N) is 2. The van der Waals surface area contributed by atoms with Crippen LogP contribution in [-0.2, 0) is 13.0 Å². The molecule has 1 aliphatic heterocycles. The quantitative estimate of drug-likeness (QED) is 0.834. The first kappa shape index (κ1) is 19.4. The van der Waals surface area contributed by atoms with Crippen LogP contribution in [0.15, 0.2) is 18.2 Å². The summed E-state index contributed by atoms with van der Waals surface area (Å²) in [6.45, 7) is 6.29. The number of nitrogens with zero attached hydrogens (tertiary/aromatic N) is 2. The fraction of sp³-hybridized carbons (Fsp3) is 0.421. The van der Waals surface area contributed by atoms with E-state index in [0.29, 0.717) is 18.7 Å². The molecule has 0 radical (unpaired) electrons. The molecule has 0 bridgehead atoms. The molecular formula is C19H22ClFN4O2. The molecule has 1 aromatic heterocycles. The molecule has 2 heterocycles. The summed E-state index contributed by atoms with van der Waals surface area (Å²) in [4.78, 5) is 29.7. The molecule has 3 rings (SSSR count). The number of imidazole rings is 1. The molecule has 0 unspecified atom stereocenters. The van der Waals surface area contributed by atoms with Crippen molar-refractivity contribution < 1.29 is 14.0 Å². The van der Waals surface area contributed by atoms with Crippen molar-refractivity contribution in [2.45, 2.75) is 52.1 Å². The molecule has 8 heteroatoms. The summed E-state index contributed by atoms with van der Waals surface area (Å²) < 4.78 is 15.1. The standard InChI is InChI=1S/C19H22ClFN4O2/c1-19(2,3)24-17(26)15-14-6-4-5-9-25(14)16(23-15)18(27)22-11-7-8-13(21)12(20)10-11/h7-8,10H,4-6,9H2,1-3H3,(H,22,27)(H,24,26). The van der Waals surface area contributed by atoms with Crippen molar-refractivity contribution in [3.05, 3.63) is 46.3 Å². The van der Waals surface area contributed by atoms with E-state index in [4.69, 9.17) is 11.6 Å². The smallest absolute Gasteiger partial charge is 0.291 e. The Bertz CT molecular complexity index is 902. The molecule has 0 spiro atoms. The summed E-state index contributed by atoms with van der Waals surface area (Å²) in [7, 11) is 0. The number of anilines is 1. The van der Waals surface area contributed by atoms with Crippen LogP contribution in [0.25, 0.3) is 0 Å². The highest BCUT2D eigenvalue weighted by atomic mass is 35.5. The number of hydrogen-bond donors (Lipinski definition) is 2. The maximum atomic E-state index is 13.3. The van der Waals surface area contributed by atoms with Crippen LogP contribution in [0.5, 0.6) is 0 Å². The average molecular weight is 393 g/mol. The number of aromatic nitrogens is 2. The lowest BCUT2D eigenvalue weighted by atomic mass is 10.1. The number of hydrogen-bond acceptors (Lipinski definition) is 3. The second-order valence-electron chi connectivity index (χ2n) is 7.63. The van der Waals surface area contributed by atoms with Gasteiger partial charge in [-0.25, -0.2) is 9.37 Å². The van der Waals surface area contributed by atoms with Crippen LogP contribution in [0, 0.1) is 5.82 Å². The molecule has 0 saturated heterocycles. The van der Waals surface area contributed by atoms with Gasteiger partial charge in [0.05, 0.1) is 10.7 Å². The van der Waals surface area contributed by atoms with Crippen molar-refractivity contribution in [1.82, 2.24) is 14.9 Å². The van der Waals surface area contributed by atoms with Crippen molar-refractivity contribution in [2.75, 3.05) is 5.32 Å². The summed E-state index contributed by atoms with van der Waals surface area (Å²) in [5.41, 5.74) is 1.01. The molecular weight excluding hydrogens is 371 g/mol. The fourth-order valence-corrected chi connectivity index (χ4v) is 3.24. The number of carbonyl (C=O) groups excluding carboxylic acids is 2. The zero-order valence-corrected chi connectivity index (χ0v) is 16.3. The second-order valence-corrected chi connectivity index (χ2v) is 8.03. The van der Waals surface area contributed by atoms with E-state index in [-0.39, 0.29) is 22.4 Å². The van der Waals surface area contributed by atoms with E-state index in [1.807, 2.05) is 20.8 Å². The van der Waals surface area contributed by atoms with E-state index in [2.05, 4.69) is 15.6 Å². The fourth-order valence-electron chi connectivity index (χ4n) is 3.06. The zero-order valence-electron chi connectivity index (χ0n) is 15.5. The number of fused-ring (bicyclic) bond motifs is 1. The summed E-state index contributed by atoms with van der Waals surface area (Å²) in [6.07, 6.45) is 2.54. The Balaban J connectivity index is 1.91. The molecule has 27 heavy (non-hydrogen) atoms. The highest BCUT2D eigenvalue weighted by Gasteiger charge is 2.29. The third-order valence-electron chi connectivity index (χ3n) is 4.20. The Labute approximate surface area is 162 Å². The van der Waals surface area contributed by atoms with E-state index in [1.165, 1.54) is 18.2 Å². The predicted molar refractivity (Wildman–Crippen MR) is 102 cm³/mol. The molecule has 0 fully saturated rings. The van der Waals surface area contributed by atoms with Gasteiger partial charge >= 0.3 is 0 Å². The monoisotopic (exact) mass is 392 g/mol. The second kappa shape index (κ2) is 7.31. The Morgan fingerprint density at radius 1 is 1.22 bits per heavy atom. The summed E-state index contributed by atoms with van der Waals surface area (Å²) in [5.74, 6) is -1.15. The van der Waals surface area contributed by atoms with Crippen molar-refractivity contribution >= 4 is 29.1 Å². The first-order valence-corrected chi connectivity index (χ1v) is 9.22. The molecule has 2 N–H and O–H groups in total. The van der Waals surface area contributed by atoms with Crippen molar-refractivity contribution in [3.63, 3.8) is 0 Å². The lowest BCUT2D eigenvalue weighted by Crippen LogP contribution is -2.41. The van der Waals surface area contributed by atoms with Gasteiger partial charge in [-0.1, -0.05) is 11.6 Å². The lowest BCUT2D eigenvalue weighted by Gasteiger charge is -2.21. The van der Waals surface area contributed by atoms with Gasteiger partial charge in [0.2, 0.25) is 0 Å². The van der Waals surface area contributed by atoms with Crippen LogP contribution in [0.3, 0.4) is 0 Å². The number of carbonyl (C=O) groups is 2. The Morgan fingerprint density at radius 3 is 2.63 bits per heavy atom. The van der Waals surface area contributed by atoms with Crippen LogP contribution < -0.4 is 10.6 Å². The van der Waals surface area contributed by atoms with Crippen LogP contribution in [-0.4, -0.2) is 26.9 Å². The molecule has 6 nitrogen and oxygen atoms in total. The molecule has 2 aromatic rings. The number of rotatable bonds is 3. The lowest BCUT2D eigenvalue weighted by molar-refractivity contribution is 0.0913. The summed E-state index contributed by atoms with van der Waals surface area (Å²) >= 11 is 5.77. The molecule has 0 saturated carbocycles. The predicted octanol–water partition coefficient (Wildman–Crippen LogP) is 3.79. The highest BCUT2D eigenvalue weighted by molar-refractivity contribution is 6.31. The Kier molecular flexibility index (Phi) is 5.24. The minimum atomic E-state index is -0.561. The van der Waals surface area contributed by atoms with Gasteiger partial charge in [0.1, 0.15) is 11.5 Å². The molecule has 0 atom stereocenters. The highest BCUT2D eigenvalue weighted by Crippen LogP contribution is 2.24. The van der Waals surface area contributed by atoms with Crippen LogP contribution >= 0.6 is 11.6 Å². The van der Waals surface area contributed by atoms with Gasteiger partial charge in [0, 0.05) is 17.8 Å². The van der Waals surface area contributed by atoms with Crippen LogP contribution in [0.1, 0.15) is 60.4 Å². The van der Waals surface area contributed by atoms with E-state index in [0.717, 1.165) is 18.5 Å². The minimum absolute atomic E-state index is 0.0804. The first-order chi connectivity index (χ1) is 12.7. The van der Waals surface area contributed by atoms with Crippen LogP contribution in [0.4, 0.5) is 10.1 Å². The molecule has 0 aliphatic carbocycles. The first-order valence-electron chi connectivity index (χ1n) is 8.84. The largest absolute Gasteiger partial charge is 0.346 e. The molecule has 1 aromatic carbocycles. The zero-order chi connectivity index (χ0) is 19.8. The van der Waals surface area contributed by atoms with Crippen LogP contribution in [0.2, 0.25) is 5.02 Å². The molecule has 2 amide bonds. The maximum absolute atomic E-state index is 13.3. The normalized spacial score (nSPS) is 13.8. The number of halogens is 2. The van der Waals surface area contributed by atoms with Crippen molar-refractivity contribution in [2.24, 2.45) is 0 Å². The van der Waals surface area contributed by atoms with Gasteiger partial charge in [-0.2, -0.15) is 0 Å². The third-order valence-corrected chi connectivity index (χ3v) is 4.49. The average Bonchev–Trinajstić information content (AvgIpc) is 2.97. The third kappa shape index (κ3) is 4.30. The number of benzene rings is 1. The van der Waals surface area contributed by atoms with Crippen molar-refractivity contribution in [1.29, 1.82) is 0 Å². The number of amides is 2. The van der Waals surface area contributed by atoms with Gasteiger partial charge < -0.3 is 15.2 Å². The Morgan fingerprint density at radius 2 is 1.96 bits per heavy atom. The van der Waals surface area contributed by atoms with Gasteiger partial charge in [-0.05, 0) is 58.2 Å². The maximum Gasteiger partial charge on any atom is 0.291 e. The van der Waals surface area contributed by atoms with E-state index < -0.39 is 17.3 Å². The van der Waals surface area contributed by atoms with E-state index in [9.17, 15) is 14.0 Å². The van der Waals surface area contributed by atoms with Gasteiger partial charge in [-0.3, -0.25) is 9.59 Å². The van der Waals surface area contributed by atoms with E-state index in [1.54, 1.807) is 4.57 Å². The molecule has 1 aliphatic rings.